The zero-order valence-corrected chi connectivity index (χ0v) is 14.8. The number of hydrogen-bond donors (Lipinski definition) is 1. The number of benzene rings is 1. The first-order valence-electron chi connectivity index (χ1n) is 8.53. The number of nitro benzene ring substituents is 1. The third kappa shape index (κ3) is 5.14. The van der Waals surface area contributed by atoms with Crippen LogP contribution in [0.15, 0.2) is 24.3 Å². The van der Waals surface area contributed by atoms with E-state index in [1.807, 2.05) is 17.9 Å². The van der Waals surface area contributed by atoms with Gasteiger partial charge in [0.25, 0.3) is 5.69 Å². The minimum absolute atomic E-state index is 0.00949. The van der Waals surface area contributed by atoms with Crippen molar-refractivity contribution in [1.82, 2.24) is 10.2 Å². The maximum absolute atomic E-state index is 12.2. The highest BCUT2D eigenvalue weighted by Crippen LogP contribution is 2.28. The Bertz CT molecular complexity index is 588. The second kappa shape index (κ2) is 9.33. The fourth-order valence-electron chi connectivity index (χ4n) is 2.98. The molecule has 8 nitrogen and oxygen atoms in total. The number of rotatable bonds is 8. The molecular weight excluding hydrogens is 324 g/mol. The van der Waals surface area contributed by atoms with Crippen LogP contribution < -0.4 is 10.2 Å². The number of carbonyl (C=O) groups is 1. The van der Waals surface area contributed by atoms with Crippen LogP contribution in [0.4, 0.5) is 11.4 Å². The van der Waals surface area contributed by atoms with Gasteiger partial charge in [-0.05, 0) is 19.4 Å². The standard InChI is InChI=1S/C17H26N4O4/c1-14(17(22)18-8-5-13-25-2)19-9-11-20(12-10-19)15-6-3-4-7-16(15)21(23)24/h3-4,6-7,14H,5,8-13H2,1-2H3,(H,18,22). The largest absolute Gasteiger partial charge is 0.385 e. The summed E-state index contributed by atoms with van der Waals surface area (Å²) in [5.41, 5.74) is 0.767. The van der Waals surface area contributed by atoms with Gasteiger partial charge in [0.15, 0.2) is 0 Å². The van der Waals surface area contributed by atoms with Gasteiger partial charge in [0.2, 0.25) is 5.91 Å². The van der Waals surface area contributed by atoms with Gasteiger partial charge in [0.05, 0.1) is 11.0 Å². The summed E-state index contributed by atoms with van der Waals surface area (Å²) in [4.78, 5) is 27.2. The minimum Gasteiger partial charge on any atom is -0.385 e. The summed E-state index contributed by atoms with van der Waals surface area (Å²) in [6, 6.07) is 6.58. The normalized spacial score (nSPS) is 16.5. The van der Waals surface area contributed by atoms with Crippen molar-refractivity contribution in [2.24, 2.45) is 0 Å². The van der Waals surface area contributed by atoms with Crippen LogP contribution in [0.2, 0.25) is 0 Å². The van der Waals surface area contributed by atoms with Crippen LogP contribution in [0, 0.1) is 10.1 Å². The molecule has 1 fully saturated rings. The third-order valence-corrected chi connectivity index (χ3v) is 4.49. The van der Waals surface area contributed by atoms with E-state index in [1.54, 1.807) is 19.2 Å². The average molecular weight is 350 g/mol. The number of nitrogens with one attached hydrogen (secondary N) is 1. The lowest BCUT2D eigenvalue weighted by atomic mass is 10.2. The van der Waals surface area contributed by atoms with E-state index < -0.39 is 0 Å². The van der Waals surface area contributed by atoms with Crippen molar-refractivity contribution >= 4 is 17.3 Å². The summed E-state index contributed by atoms with van der Waals surface area (Å²) < 4.78 is 4.97. The first kappa shape index (κ1) is 19.1. The molecule has 1 aliphatic rings. The van der Waals surface area contributed by atoms with Crippen LogP contribution in [0.25, 0.3) is 0 Å². The number of hydrogen-bond acceptors (Lipinski definition) is 6. The summed E-state index contributed by atoms with van der Waals surface area (Å²) in [6.07, 6.45) is 0.792. The monoisotopic (exact) mass is 350 g/mol. The summed E-state index contributed by atoms with van der Waals surface area (Å²) in [6.45, 7) is 5.83. The highest BCUT2D eigenvalue weighted by atomic mass is 16.6. The highest BCUT2D eigenvalue weighted by Gasteiger charge is 2.27. The lowest BCUT2D eigenvalue weighted by Gasteiger charge is -2.38. The molecule has 1 saturated heterocycles. The molecule has 138 valence electrons. The van der Waals surface area contributed by atoms with Gasteiger partial charge in [-0.25, -0.2) is 0 Å². The van der Waals surface area contributed by atoms with E-state index in [0.29, 0.717) is 45.0 Å². The maximum Gasteiger partial charge on any atom is 0.292 e. The second-order valence-electron chi connectivity index (χ2n) is 6.08. The number of amides is 1. The number of nitrogens with zero attached hydrogens (tertiary/aromatic N) is 3. The van der Waals surface area contributed by atoms with E-state index in [-0.39, 0.29) is 22.6 Å². The molecule has 0 spiro atoms. The van der Waals surface area contributed by atoms with Crippen molar-refractivity contribution in [1.29, 1.82) is 0 Å². The summed E-state index contributed by atoms with van der Waals surface area (Å²) in [7, 11) is 1.64. The minimum atomic E-state index is -0.349. The molecule has 0 radical (unpaired) electrons. The molecule has 8 heteroatoms. The molecule has 1 aromatic rings. The molecule has 1 aromatic carbocycles. The van der Waals surface area contributed by atoms with Gasteiger partial charge in [0, 0.05) is 52.5 Å². The van der Waals surface area contributed by atoms with E-state index in [2.05, 4.69) is 10.2 Å². The number of anilines is 1. The third-order valence-electron chi connectivity index (χ3n) is 4.49. The second-order valence-corrected chi connectivity index (χ2v) is 6.08. The Hall–Kier alpha value is -2.19. The Balaban J connectivity index is 1.87. The number of para-hydroxylation sites is 2. The molecule has 1 unspecified atom stereocenters. The van der Waals surface area contributed by atoms with Crippen LogP contribution in [0.1, 0.15) is 13.3 Å². The smallest absolute Gasteiger partial charge is 0.292 e. The number of nitro groups is 1. The fourth-order valence-corrected chi connectivity index (χ4v) is 2.98. The van der Waals surface area contributed by atoms with Crippen LogP contribution in [0.3, 0.4) is 0 Å². The summed E-state index contributed by atoms with van der Waals surface area (Å²) >= 11 is 0. The molecular formula is C17H26N4O4. The van der Waals surface area contributed by atoms with Crippen LogP contribution in [-0.4, -0.2) is 68.2 Å². The summed E-state index contributed by atoms with van der Waals surface area (Å²) in [5.74, 6) is 0.00949. The van der Waals surface area contributed by atoms with Crippen molar-refractivity contribution in [3.8, 4) is 0 Å². The molecule has 0 aliphatic carbocycles. The van der Waals surface area contributed by atoms with Crippen molar-refractivity contribution in [2.45, 2.75) is 19.4 Å². The van der Waals surface area contributed by atoms with Gasteiger partial charge in [-0.1, -0.05) is 12.1 Å². The topological polar surface area (TPSA) is 88.0 Å². The molecule has 1 amide bonds. The molecule has 1 aliphatic heterocycles. The Kier molecular flexibility index (Phi) is 7.15. The first-order valence-corrected chi connectivity index (χ1v) is 8.53. The lowest BCUT2D eigenvalue weighted by molar-refractivity contribution is -0.384. The van der Waals surface area contributed by atoms with E-state index in [4.69, 9.17) is 4.74 Å². The predicted molar refractivity (Wildman–Crippen MR) is 95.8 cm³/mol. The van der Waals surface area contributed by atoms with Gasteiger partial charge < -0.3 is 15.0 Å². The maximum atomic E-state index is 12.2. The SMILES string of the molecule is COCCCNC(=O)C(C)N1CCN(c2ccccc2[N+](=O)[O-])CC1. The summed E-state index contributed by atoms with van der Waals surface area (Å²) in [5, 5.41) is 14.1. The Labute approximate surface area is 147 Å². The highest BCUT2D eigenvalue weighted by molar-refractivity contribution is 5.81. The quantitative estimate of drug-likeness (QED) is 0.431. The van der Waals surface area contributed by atoms with E-state index in [9.17, 15) is 14.9 Å². The lowest BCUT2D eigenvalue weighted by Crippen LogP contribution is -2.54. The van der Waals surface area contributed by atoms with Crippen LogP contribution >= 0.6 is 0 Å². The fraction of sp³-hybridized carbons (Fsp3) is 0.588. The van der Waals surface area contributed by atoms with Gasteiger partial charge in [0.1, 0.15) is 5.69 Å². The molecule has 0 aromatic heterocycles. The number of piperazine rings is 1. The predicted octanol–water partition coefficient (Wildman–Crippen LogP) is 1.26. The Morgan fingerprint density at radius 1 is 1.32 bits per heavy atom. The van der Waals surface area contributed by atoms with Gasteiger partial charge >= 0.3 is 0 Å². The molecule has 2 rings (SSSR count). The zero-order valence-electron chi connectivity index (χ0n) is 14.8. The average Bonchev–Trinajstić information content (AvgIpc) is 2.64. The van der Waals surface area contributed by atoms with Crippen molar-refractivity contribution in [3.05, 3.63) is 34.4 Å². The van der Waals surface area contributed by atoms with Gasteiger partial charge in [-0.3, -0.25) is 19.8 Å². The molecule has 1 atom stereocenters. The number of carbonyl (C=O) groups excluding carboxylic acids is 1. The zero-order chi connectivity index (χ0) is 18.2. The Morgan fingerprint density at radius 2 is 2.00 bits per heavy atom. The molecule has 0 saturated carbocycles. The number of methoxy groups -OCH3 is 1. The molecule has 1 N–H and O–H groups in total. The Morgan fingerprint density at radius 3 is 2.64 bits per heavy atom. The number of ether oxygens (including phenoxy) is 1. The van der Waals surface area contributed by atoms with Crippen molar-refractivity contribution < 1.29 is 14.5 Å². The van der Waals surface area contributed by atoms with E-state index >= 15 is 0 Å². The van der Waals surface area contributed by atoms with E-state index in [0.717, 1.165) is 6.42 Å². The van der Waals surface area contributed by atoms with Crippen molar-refractivity contribution in [2.75, 3.05) is 51.3 Å². The first-order chi connectivity index (χ1) is 12.0. The molecule has 0 bridgehead atoms. The van der Waals surface area contributed by atoms with Crippen LogP contribution in [-0.2, 0) is 9.53 Å². The van der Waals surface area contributed by atoms with Gasteiger partial charge in [-0.2, -0.15) is 0 Å². The van der Waals surface area contributed by atoms with E-state index in [1.165, 1.54) is 6.07 Å². The molecule has 25 heavy (non-hydrogen) atoms. The van der Waals surface area contributed by atoms with Crippen LogP contribution in [0.5, 0.6) is 0 Å². The molecule has 1 heterocycles. The van der Waals surface area contributed by atoms with Gasteiger partial charge in [-0.15, -0.1) is 0 Å². The van der Waals surface area contributed by atoms with Crippen molar-refractivity contribution in [3.63, 3.8) is 0 Å².